The van der Waals surface area contributed by atoms with Crippen molar-refractivity contribution >= 4 is 16.5 Å². The van der Waals surface area contributed by atoms with Gasteiger partial charge in [-0.1, -0.05) is 30.3 Å². The molecular weight excluding hydrogens is 212 g/mol. The van der Waals surface area contributed by atoms with Gasteiger partial charge in [-0.2, -0.15) is 0 Å². The average Bonchev–Trinajstić information content (AvgIpc) is 2.39. The van der Waals surface area contributed by atoms with Crippen LogP contribution in [0.2, 0.25) is 0 Å². The Kier molecular flexibility index (Phi) is 2.61. The van der Waals surface area contributed by atoms with E-state index in [0.29, 0.717) is 12.6 Å². The molecule has 0 bridgehead atoms. The molecule has 2 aromatic carbocycles. The first-order valence-corrected chi connectivity index (χ1v) is 5.94. The molecule has 3 nitrogen and oxygen atoms in total. The highest BCUT2D eigenvalue weighted by Crippen LogP contribution is 2.36. The van der Waals surface area contributed by atoms with Gasteiger partial charge in [0.15, 0.2) is 0 Å². The van der Waals surface area contributed by atoms with E-state index in [1.807, 2.05) is 13.1 Å². The summed E-state index contributed by atoms with van der Waals surface area (Å²) in [6.45, 7) is 1.62. The van der Waals surface area contributed by atoms with Gasteiger partial charge in [-0.25, -0.2) is 0 Å². The molecule has 1 aliphatic heterocycles. The summed E-state index contributed by atoms with van der Waals surface area (Å²) in [6, 6.07) is 12.9. The molecule has 0 amide bonds. The van der Waals surface area contributed by atoms with E-state index in [-0.39, 0.29) is 0 Å². The van der Waals surface area contributed by atoms with Crippen molar-refractivity contribution < 1.29 is 4.74 Å². The molecule has 0 aromatic heterocycles. The number of fused-ring (bicyclic) bond motifs is 3. The summed E-state index contributed by atoms with van der Waals surface area (Å²) in [7, 11) is 1.96. The highest BCUT2D eigenvalue weighted by Gasteiger charge is 2.19. The largest absolute Gasteiger partial charge is 0.489 e. The minimum Gasteiger partial charge on any atom is -0.489 e. The third-order valence-corrected chi connectivity index (χ3v) is 3.12. The molecule has 0 saturated heterocycles. The third kappa shape index (κ3) is 1.83. The molecule has 3 heteroatoms. The van der Waals surface area contributed by atoms with Gasteiger partial charge in [-0.3, -0.25) is 0 Å². The normalized spacial score (nSPS) is 18.3. The van der Waals surface area contributed by atoms with E-state index in [1.165, 1.54) is 10.8 Å². The fourth-order valence-electron chi connectivity index (χ4n) is 2.31. The maximum absolute atomic E-state index is 5.90. The molecule has 1 heterocycles. The van der Waals surface area contributed by atoms with Crippen LogP contribution in [0.4, 0.5) is 5.69 Å². The van der Waals surface area contributed by atoms with E-state index in [4.69, 9.17) is 4.74 Å². The molecule has 0 radical (unpaired) electrons. The van der Waals surface area contributed by atoms with Crippen molar-refractivity contribution in [2.24, 2.45) is 0 Å². The Morgan fingerprint density at radius 2 is 2.18 bits per heavy atom. The molecule has 0 fully saturated rings. The Hall–Kier alpha value is -1.74. The first-order chi connectivity index (χ1) is 8.38. The van der Waals surface area contributed by atoms with Gasteiger partial charge in [0.1, 0.15) is 12.4 Å². The lowest BCUT2D eigenvalue weighted by atomic mass is 10.1. The Morgan fingerprint density at radius 1 is 1.29 bits per heavy atom. The lowest BCUT2D eigenvalue weighted by Gasteiger charge is -2.28. The van der Waals surface area contributed by atoms with Crippen LogP contribution in [0.1, 0.15) is 0 Å². The molecule has 2 N–H and O–H groups in total. The summed E-state index contributed by atoms with van der Waals surface area (Å²) in [5.41, 5.74) is 1.09. The van der Waals surface area contributed by atoms with Crippen molar-refractivity contribution in [3.63, 3.8) is 0 Å². The maximum Gasteiger partial charge on any atom is 0.150 e. The number of anilines is 1. The van der Waals surface area contributed by atoms with Crippen molar-refractivity contribution in [3.05, 3.63) is 36.4 Å². The van der Waals surface area contributed by atoms with Crippen molar-refractivity contribution in [1.82, 2.24) is 5.32 Å². The number of hydrogen-bond acceptors (Lipinski definition) is 3. The highest BCUT2D eigenvalue weighted by molar-refractivity contribution is 5.93. The number of hydrogen-bond donors (Lipinski definition) is 2. The Morgan fingerprint density at radius 3 is 3.06 bits per heavy atom. The van der Waals surface area contributed by atoms with E-state index in [9.17, 15) is 0 Å². The molecule has 88 valence electrons. The number of nitrogens with one attached hydrogen (secondary N) is 2. The fraction of sp³-hybridized carbons (Fsp3) is 0.286. The van der Waals surface area contributed by atoms with E-state index in [1.54, 1.807) is 0 Å². The van der Waals surface area contributed by atoms with Crippen LogP contribution in [0.25, 0.3) is 10.8 Å². The molecule has 0 spiro atoms. The lowest BCUT2D eigenvalue weighted by molar-refractivity contribution is 0.286. The monoisotopic (exact) mass is 228 g/mol. The summed E-state index contributed by atoms with van der Waals surface area (Å²) in [6.07, 6.45) is 0. The fourth-order valence-corrected chi connectivity index (χ4v) is 2.31. The highest BCUT2D eigenvalue weighted by atomic mass is 16.5. The van der Waals surface area contributed by atoms with Crippen molar-refractivity contribution in [3.8, 4) is 5.75 Å². The summed E-state index contributed by atoms with van der Waals surface area (Å²) in [4.78, 5) is 0. The second-order valence-electron chi connectivity index (χ2n) is 4.37. The molecule has 1 atom stereocenters. The molecule has 2 aromatic rings. The Bertz CT molecular complexity index is 539. The zero-order chi connectivity index (χ0) is 11.7. The second kappa shape index (κ2) is 4.26. The van der Waals surface area contributed by atoms with Crippen LogP contribution in [0.5, 0.6) is 5.75 Å². The van der Waals surface area contributed by atoms with Crippen LogP contribution >= 0.6 is 0 Å². The minimum atomic E-state index is 0.341. The SMILES string of the molecule is CNCC1COc2c(ccc3ccccc23)N1. The van der Waals surface area contributed by atoms with Crippen molar-refractivity contribution in [2.75, 3.05) is 25.5 Å². The molecule has 1 aliphatic rings. The van der Waals surface area contributed by atoms with Gasteiger partial charge in [-0.05, 0) is 18.5 Å². The van der Waals surface area contributed by atoms with E-state index >= 15 is 0 Å². The van der Waals surface area contributed by atoms with Gasteiger partial charge in [0, 0.05) is 11.9 Å². The third-order valence-electron chi connectivity index (χ3n) is 3.12. The van der Waals surface area contributed by atoms with E-state index < -0.39 is 0 Å². The first kappa shape index (κ1) is 10.4. The summed E-state index contributed by atoms with van der Waals surface area (Å²) in [5, 5.41) is 9.07. The summed E-state index contributed by atoms with van der Waals surface area (Å²) >= 11 is 0. The number of ether oxygens (including phenoxy) is 1. The van der Waals surface area contributed by atoms with Gasteiger partial charge in [0.05, 0.1) is 11.7 Å². The topological polar surface area (TPSA) is 33.3 Å². The summed E-state index contributed by atoms with van der Waals surface area (Å²) in [5.74, 6) is 0.982. The number of likely N-dealkylation sites (N-methyl/N-ethyl adjacent to an activating group) is 1. The molecule has 17 heavy (non-hydrogen) atoms. The molecule has 0 saturated carbocycles. The van der Waals surface area contributed by atoms with Gasteiger partial charge in [0.2, 0.25) is 0 Å². The zero-order valence-electron chi connectivity index (χ0n) is 9.86. The zero-order valence-corrected chi connectivity index (χ0v) is 9.86. The van der Waals surface area contributed by atoms with E-state index in [0.717, 1.165) is 18.0 Å². The molecule has 0 aliphatic carbocycles. The van der Waals surface area contributed by atoms with Crippen molar-refractivity contribution in [2.45, 2.75) is 6.04 Å². The minimum absolute atomic E-state index is 0.341. The average molecular weight is 228 g/mol. The number of rotatable bonds is 2. The Balaban J connectivity index is 2.02. The second-order valence-corrected chi connectivity index (χ2v) is 4.37. The summed E-state index contributed by atoms with van der Waals surface area (Å²) < 4.78 is 5.90. The number of benzene rings is 2. The molecular formula is C14H16N2O. The van der Waals surface area contributed by atoms with E-state index in [2.05, 4.69) is 41.0 Å². The van der Waals surface area contributed by atoms with Gasteiger partial charge < -0.3 is 15.4 Å². The van der Waals surface area contributed by atoms with Crippen LogP contribution in [0.3, 0.4) is 0 Å². The molecule has 3 rings (SSSR count). The molecule has 1 unspecified atom stereocenters. The lowest BCUT2D eigenvalue weighted by Crippen LogP contribution is -2.39. The van der Waals surface area contributed by atoms with Crippen LogP contribution in [-0.4, -0.2) is 26.2 Å². The van der Waals surface area contributed by atoms with Crippen LogP contribution in [0.15, 0.2) is 36.4 Å². The van der Waals surface area contributed by atoms with Crippen LogP contribution in [-0.2, 0) is 0 Å². The van der Waals surface area contributed by atoms with Gasteiger partial charge in [-0.15, -0.1) is 0 Å². The Labute approximate surface area is 101 Å². The predicted octanol–water partition coefficient (Wildman–Crippen LogP) is 2.23. The smallest absolute Gasteiger partial charge is 0.150 e. The first-order valence-electron chi connectivity index (χ1n) is 5.94. The maximum atomic E-state index is 5.90. The van der Waals surface area contributed by atoms with Crippen LogP contribution < -0.4 is 15.4 Å². The predicted molar refractivity (Wildman–Crippen MR) is 70.8 cm³/mol. The quantitative estimate of drug-likeness (QED) is 0.827. The van der Waals surface area contributed by atoms with Crippen LogP contribution in [0, 0.1) is 0 Å². The van der Waals surface area contributed by atoms with Gasteiger partial charge >= 0.3 is 0 Å². The standard InChI is InChI=1S/C14H16N2O/c1-15-8-11-9-17-14-12-5-3-2-4-10(12)6-7-13(14)16-11/h2-7,11,15-16H,8-9H2,1H3. The van der Waals surface area contributed by atoms with Crippen molar-refractivity contribution in [1.29, 1.82) is 0 Å². The van der Waals surface area contributed by atoms with Gasteiger partial charge in [0.25, 0.3) is 0 Å².